The Bertz CT molecular complexity index is 1180. The second-order valence-electron chi connectivity index (χ2n) is 5.86. The zero-order valence-corrected chi connectivity index (χ0v) is 15.6. The molecule has 0 spiro atoms. The van der Waals surface area contributed by atoms with Crippen molar-refractivity contribution in [2.75, 3.05) is 0 Å². The van der Waals surface area contributed by atoms with Crippen LogP contribution in [0.25, 0.3) is 11.3 Å². The van der Waals surface area contributed by atoms with Crippen molar-refractivity contribution < 1.29 is 32.0 Å². The minimum absolute atomic E-state index is 0.0132. The molecule has 0 bridgehead atoms. The standard InChI is InChI=1S/C19H14N2O7S/c22-18(28-14-7-2-1-3-8-14)13-20-12-5-4-9-15(20)19-16(21(23)24)10-6-11-17(19)29(25,26)27/h1-12H,13H2. The zero-order chi connectivity index (χ0) is 21.0. The Hall–Kier alpha value is -3.63. The van der Waals surface area contributed by atoms with Crippen LogP contribution in [-0.2, 0) is 21.5 Å². The minimum Gasteiger partial charge on any atom is -0.744 e. The third kappa shape index (κ3) is 4.62. The van der Waals surface area contributed by atoms with Gasteiger partial charge in [0.25, 0.3) is 5.69 Å². The lowest BCUT2D eigenvalue weighted by molar-refractivity contribution is -0.675. The molecule has 29 heavy (non-hydrogen) atoms. The molecule has 0 amide bonds. The number of carbonyl (C=O) groups is 1. The molecule has 1 aromatic heterocycles. The van der Waals surface area contributed by atoms with E-state index in [1.807, 2.05) is 0 Å². The first-order chi connectivity index (χ1) is 13.8. The first-order valence-electron chi connectivity index (χ1n) is 8.25. The van der Waals surface area contributed by atoms with Gasteiger partial charge in [-0.05, 0) is 24.3 Å². The lowest BCUT2D eigenvalue weighted by atomic mass is 10.1. The monoisotopic (exact) mass is 414 g/mol. The fourth-order valence-corrected chi connectivity index (χ4v) is 3.47. The summed E-state index contributed by atoms with van der Waals surface area (Å²) in [6, 6.07) is 15.9. The van der Waals surface area contributed by atoms with Gasteiger partial charge in [0, 0.05) is 18.2 Å². The number of ether oxygens (including phenoxy) is 1. The maximum atomic E-state index is 12.3. The van der Waals surface area contributed by atoms with Gasteiger partial charge in [-0.3, -0.25) is 10.1 Å². The molecule has 3 aromatic rings. The molecule has 0 aliphatic carbocycles. The Kier molecular flexibility index (Phi) is 5.66. The summed E-state index contributed by atoms with van der Waals surface area (Å²) in [7, 11) is -5.02. The van der Waals surface area contributed by atoms with Crippen molar-refractivity contribution in [1.29, 1.82) is 0 Å². The van der Waals surface area contributed by atoms with E-state index in [0.717, 1.165) is 18.2 Å². The van der Waals surface area contributed by atoms with Crippen LogP contribution in [0.3, 0.4) is 0 Å². The Morgan fingerprint density at radius 3 is 2.34 bits per heavy atom. The summed E-state index contributed by atoms with van der Waals surface area (Å²) in [5.74, 6) is -0.372. The highest BCUT2D eigenvalue weighted by Crippen LogP contribution is 2.33. The smallest absolute Gasteiger partial charge is 0.378 e. The van der Waals surface area contributed by atoms with Crippen LogP contribution in [-0.4, -0.2) is 23.9 Å². The number of benzene rings is 2. The molecule has 0 atom stereocenters. The molecule has 0 saturated carbocycles. The van der Waals surface area contributed by atoms with Gasteiger partial charge in [-0.25, -0.2) is 13.2 Å². The maximum Gasteiger partial charge on any atom is 0.378 e. The van der Waals surface area contributed by atoms with Crippen LogP contribution in [0.4, 0.5) is 5.69 Å². The highest BCUT2D eigenvalue weighted by molar-refractivity contribution is 7.85. The third-order valence-corrected chi connectivity index (χ3v) is 4.82. The summed E-state index contributed by atoms with van der Waals surface area (Å²) in [5.41, 5.74) is -0.946. The molecule has 9 nitrogen and oxygen atoms in total. The molecule has 0 fully saturated rings. The largest absolute Gasteiger partial charge is 0.744 e. The van der Waals surface area contributed by atoms with Crippen molar-refractivity contribution >= 4 is 21.8 Å². The van der Waals surface area contributed by atoms with Crippen molar-refractivity contribution in [2.45, 2.75) is 11.4 Å². The van der Waals surface area contributed by atoms with Crippen molar-refractivity contribution in [2.24, 2.45) is 0 Å². The number of nitro groups is 1. The summed E-state index contributed by atoms with van der Waals surface area (Å²) in [4.78, 5) is 22.2. The normalized spacial score (nSPS) is 11.1. The van der Waals surface area contributed by atoms with Crippen molar-refractivity contribution in [1.82, 2.24) is 0 Å². The quantitative estimate of drug-likeness (QED) is 0.151. The van der Waals surface area contributed by atoms with Gasteiger partial charge in [-0.1, -0.05) is 24.3 Å². The van der Waals surface area contributed by atoms with Gasteiger partial charge in [-0.2, -0.15) is 4.57 Å². The van der Waals surface area contributed by atoms with Gasteiger partial charge in [0.2, 0.25) is 12.2 Å². The summed E-state index contributed by atoms with van der Waals surface area (Å²) >= 11 is 0. The molecule has 0 N–H and O–H groups in total. The van der Waals surface area contributed by atoms with E-state index in [2.05, 4.69) is 0 Å². The molecule has 0 aliphatic heterocycles. The molecule has 0 radical (unpaired) electrons. The highest BCUT2D eigenvalue weighted by Gasteiger charge is 2.29. The van der Waals surface area contributed by atoms with Crippen LogP contribution < -0.4 is 9.30 Å². The molecule has 0 aliphatic rings. The second kappa shape index (κ2) is 8.17. The number of carbonyl (C=O) groups excluding carboxylic acids is 1. The Morgan fingerprint density at radius 2 is 1.69 bits per heavy atom. The average molecular weight is 414 g/mol. The molecule has 148 valence electrons. The molecule has 0 unspecified atom stereocenters. The second-order valence-corrected chi connectivity index (χ2v) is 7.21. The van der Waals surface area contributed by atoms with Crippen LogP contribution in [0.15, 0.2) is 77.8 Å². The average Bonchev–Trinajstić information content (AvgIpc) is 2.68. The summed E-state index contributed by atoms with van der Waals surface area (Å²) < 4.78 is 41.6. The fraction of sp³-hybridized carbons (Fsp3) is 0.0526. The molecular formula is C19H14N2O7S. The number of hydrogen-bond acceptors (Lipinski definition) is 7. The SMILES string of the molecule is O=C(C[n+]1ccccc1-c1c([N+](=O)[O-])cccc1S(=O)(=O)[O-])Oc1ccccc1. The topological polar surface area (TPSA) is 131 Å². The van der Waals surface area contributed by atoms with E-state index in [0.29, 0.717) is 5.75 Å². The van der Waals surface area contributed by atoms with Gasteiger partial charge in [0.05, 0.1) is 9.82 Å². The lowest BCUT2D eigenvalue weighted by Gasteiger charge is -2.12. The van der Waals surface area contributed by atoms with E-state index in [9.17, 15) is 27.9 Å². The molecule has 10 heteroatoms. The lowest BCUT2D eigenvalue weighted by Crippen LogP contribution is -2.41. The van der Waals surface area contributed by atoms with Crippen LogP contribution in [0.1, 0.15) is 0 Å². The molecular weight excluding hydrogens is 400 g/mol. The van der Waals surface area contributed by atoms with Crippen molar-refractivity contribution in [3.63, 3.8) is 0 Å². The number of esters is 1. The fourth-order valence-electron chi connectivity index (χ4n) is 2.77. The van der Waals surface area contributed by atoms with Crippen LogP contribution in [0.2, 0.25) is 0 Å². The number of nitro benzene ring substituents is 1. The number of nitrogens with zero attached hydrogens (tertiary/aromatic N) is 2. The number of rotatable bonds is 6. The van der Waals surface area contributed by atoms with Gasteiger partial charge >= 0.3 is 5.97 Å². The van der Waals surface area contributed by atoms with Gasteiger partial charge in [0.15, 0.2) is 6.20 Å². The summed E-state index contributed by atoms with van der Waals surface area (Å²) in [6.45, 7) is -0.366. The van der Waals surface area contributed by atoms with Gasteiger partial charge in [-0.15, -0.1) is 0 Å². The van der Waals surface area contributed by atoms with Crippen LogP contribution >= 0.6 is 0 Å². The molecule has 2 aromatic carbocycles. The van der Waals surface area contributed by atoms with Crippen LogP contribution in [0, 0.1) is 10.1 Å². The van der Waals surface area contributed by atoms with E-state index in [-0.39, 0.29) is 17.8 Å². The Morgan fingerprint density at radius 1 is 1.00 bits per heavy atom. The number of para-hydroxylation sites is 1. The highest BCUT2D eigenvalue weighted by atomic mass is 32.2. The van der Waals surface area contributed by atoms with Crippen molar-refractivity contribution in [3.05, 3.63) is 83.0 Å². The van der Waals surface area contributed by atoms with Crippen molar-refractivity contribution in [3.8, 4) is 17.0 Å². The number of pyridine rings is 1. The minimum atomic E-state index is -5.02. The third-order valence-electron chi connectivity index (χ3n) is 3.94. The number of aromatic nitrogens is 1. The predicted molar refractivity (Wildman–Crippen MR) is 98.8 cm³/mol. The zero-order valence-electron chi connectivity index (χ0n) is 14.8. The van der Waals surface area contributed by atoms with E-state index in [4.69, 9.17) is 4.74 Å². The first kappa shape index (κ1) is 20.1. The molecule has 3 rings (SSSR count). The summed E-state index contributed by atoms with van der Waals surface area (Å²) in [6.07, 6.45) is 1.43. The van der Waals surface area contributed by atoms with E-state index >= 15 is 0 Å². The number of hydrogen-bond donors (Lipinski definition) is 0. The predicted octanol–water partition coefficient (Wildman–Crippen LogP) is 2.06. The Balaban J connectivity index is 2.08. The van der Waals surface area contributed by atoms with E-state index in [1.54, 1.807) is 36.4 Å². The molecule has 0 saturated heterocycles. The van der Waals surface area contributed by atoms with Crippen LogP contribution in [0.5, 0.6) is 5.75 Å². The summed E-state index contributed by atoms with van der Waals surface area (Å²) in [5, 5.41) is 11.5. The molecule has 1 heterocycles. The maximum absolute atomic E-state index is 12.3. The van der Waals surface area contributed by atoms with E-state index in [1.165, 1.54) is 22.9 Å². The first-order valence-corrected chi connectivity index (χ1v) is 9.66. The van der Waals surface area contributed by atoms with Gasteiger partial charge in [0.1, 0.15) is 21.4 Å². The van der Waals surface area contributed by atoms with E-state index < -0.39 is 31.6 Å². The Labute approximate surface area is 165 Å². The van der Waals surface area contributed by atoms with Gasteiger partial charge < -0.3 is 9.29 Å².